The predicted octanol–water partition coefficient (Wildman–Crippen LogP) is 1.91. The van der Waals surface area contributed by atoms with Gasteiger partial charge in [-0.05, 0) is 22.9 Å². The van der Waals surface area contributed by atoms with Gasteiger partial charge in [-0.1, -0.05) is 30.3 Å². The number of hydrogen-bond donors (Lipinski definition) is 1. The van der Waals surface area contributed by atoms with Crippen molar-refractivity contribution >= 4 is 21.6 Å². The molecule has 0 radical (unpaired) electrons. The third kappa shape index (κ3) is 2.25. The molecule has 0 aliphatic carbocycles. The van der Waals surface area contributed by atoms with E-state index < -0.39 is 10.8 Å². The molecule has 0 aromatic heterocycles. The average molecular weight is 219 g/mol. The van der Waals surface area contributed by atoms with Gasteiger partial charge in [-0.25, -0.2) is 0 Å². The smallest absolute Gasteiger partial charge is 0.0542 e. The molecule has 2 aromatic carbocycles. The SMILES string of the molecule is NCCS(=O)c1ccc2ccccc2c1. The van der Waals surface area contributed by atoms with E-state index in [0.29, 0.717) is 12.3 Å². The van der Waals surface area contributed by atoms with Gasteiger partial charge in [0.25, 0.3) is 0 Å². The summed E-state index contributed by atoms with van der Waals surface area (Å²) in [6.45, 7) is 0.458. The summed E-state index contributed by atoms with van der Waals surface area (Å²) in [6.07, 6.45) is 0. The maximum atomic E-state index is 11.7. The second kappa shape index (κ2) is 4.55. The van der Waals surface area contributed by atoms with Crippen LogP contribution in [-0.2, 0) is 10.8 Å². The van der Waals surface area contributed by atoms with E-state index in [2.05, 4.69) is 0 Å². The van der Waals surface area contributed by atoms with Gasteiger partial charge in [-0.2, -0.15) is 0 Å². The minimum Gasteiger partial charge on any atom is -0.330 e. The first kappa shape index (κ1) is 10.3. The fourth-order valence-corrected chi connectivity index (χ4v) is 2.46. The topological polar surface area (TPSA) is 43.1 Å². The number of fused-ring (bicyclic) bond motifs is 1. The summed E-state index contributed by atoms with van der Waals surface area (Å²) in [5.74, 6) is 0.526. The van der Waals surface area contributed by atoms with Crippen LogP contribution in [-0.4, -0.2) is 16.5 Å². The Balaban J connectivity index is 2.42. The number of rotatable bonds is 3. The molecule has 0 spiro atoms. The quantitative estimate of drug-likeness (QED) is 0.857. The van der Waals surface area contributed by atoms with Crippen molar-refractivity contribution in [2.75, 3.05) is 12.3 Å². The number of hydrogen-bond acceptors (Lipinski definition) is 2. The first-order chi connectivity index (χ1) is 7.31. The van der Waals surface area contributed by atoms with Crippen LogP contribution in [0.25, 0.3) is 10.8 Å². The summed E-state index contributed by atoms with van der Waals surface area (Å²) in [6, 6.07) is 13.9. The Labute approximate surface area is 91.6 Å². The Morgan fingerprint density at radius 1 is 1.07 bits per heavy atom. The molecule has 3 heteroatoms. The van der Waals surface area contributed by atoms with Gasteiger partial charge in [0, 0.05) is 17.2 Å². The van der Waals surface area contributed by atoms with Crippen LogP contribution in [0.2, 0.25) is 0 Å². The zero-order valence-corrected chi connectivity index (χ0v) is 9.17. The molecule has 2 nitrogen and oxygen atoms in total. The summed E-state index contributed by atoms with van der Waals surface area (Å²) in [5, 5.41) is 2.30. The molecule has 0 bridgehead atoms. The summed E-state index contributed by atoms with van der Waals surface area (Å²) in [7, 11) is -0.964. The van der Waals surface area contributed by atoms with Gasteiger partial charge in [0.15, 0.2) is 0 Å². The molecule has 0 heterocycles. The van der Waals surface area contributed by atoms with E-state index in [1.807, 2.05) is 42.5 Å². The molecule has 0 fully saturated rings. The van der Waals surface area contributed by atoms with Gasteiger partial charge < -0.3 is 5.73 Å². The van der Waals surface area contributed by atoms with Gasteiger partial charge in [0.1, 0.15) is 0 Å². The van der Waals surface area contributed by atoms with E-state index in [9.17, 15) is 4.21 Å². The Bertz CT molecular complexity index is 496. The van der Waals surface area contributed by atoms with E-state index in [4.69, 9.17) is 5.73 Å². The molecular weight excluding hydrogens is 206 g/mol. The highest BCUT2D eigenvalue weighted by atomic mass is 32.2. The molecule has 0 saturated carbocycles. The second-order valence-corrected chi connectivity index (χ2v) is 4.92. The van der Waals surface area contributed by atoms with Crippen LogP contribution in [0.15, 0.2) is 47.4 Å². The lowest BCUT2D eigenvalue weighted by Crippen LogP contribution is -2.10. The molecule has 78 valence electrons. The van der Waals surface area contributed by atoms with Crippen LogP contribution in [0.5, 0.6) is 0 Å². The second-order valence-electron chi connectivity index (χ2n) is 3.35. The molecule has 2 N–H and O–H groups in total. The Kier molecular flexibility index (Phi) is 3.14. The fourth-order valence-electron chi connectivity index (χ4n) is 1.53. The lowest BCUT2D eigenvalue weighted by molar-refractivity contribution is 0.683. The van der Waals surface area contributed by atoms with Crippen molar-refractivity contribution in [3.63, 3.8) is 0 Å². The first-order valence-corrected chi connectivity index (χ1v) is 6.20. The van der Waals surface area contributed by atoms with Crippen LogP contribution in [0.3, 0.4) is 0 Å². The highest BCUT2D eigenvalue weighted by Crippen LogP contribution is 2.17. The van der Waals surface area contributed by atoms with Crippen LogP contribution in [0.1, 0.15) is 0 Å². The zero-order valence-electron chi connectivity index (χ0n) is 8.35. The van der Waals surface area contributed by atoms with Crippen molar-refractivity contribution in [3.05, 3.63) is 42.5 Å². The predicted molar refractivity (Wildman–Crippen MR) is 64.3 cm³/mol. The van der Waals surface area contributed by atoms with Crippen molar-refractivity contribution < 1.29 is 4.21 Å². The van der Waals surface area contributed by atoms with Crippen molar-refractivity contribution in [1.82, 2.24) is 0 Å². The summed E-state index contributed by atoms with van der Waals surface area (Å²) in [5.41, 5.74) is 5.39. The maximum absolute atomic E-state index is 11.7. The highest BCUT2D eigenvalue weighted by molar-refractivity contribution is 7.85. The monoisotopic (exact) mass is 219 g/mol. The van der Waals surface area contributed by atoms with Crippen LogP contribution >= 0.6 is 0 Å². The normalized spacial score (nSPS) is 12.9. The van der Waals surface area contributed by atoms with Crippen molar-refractivity contribution in [1.29, 1.82) is 0 Å². The van der Waals surface area contributed by atoms with E-state index in [-0.39, 0.29) is 0 Å². The van der Waals surface area contributed by atoms with Crippen LogP contribution in [0.4, 0.5) is 0 Å². The zero-order chi connectivity index (χ0) is 10.7. The molecule has 2 aromatic rings. The summed E-state index contributed by atoms with van der Waals surface area (Å²) >= 11 is 0. The van der Waals surface area contributed by atoms with E-state index in [0.717, 1.165) is 10.3 Å². The summed E-state index contributed by atoms with van der Waals surface area (Å²) < 4.78 is 11.7. The third-order valence-electron chi connectivity index (χ3n) is 2.29. The van der Waals surface area contributed by atoms with E-state index in [1.165, 1.54) is 5.39 Å². The Morgan fingerprint density at radius 3 is 2.53 bits per heavy atom. The first-order valence-electron chi connectivity index (χ1n) is 4.88. The molecule has 0 aliphatic rings. The molecule has 15 heavy (non-hydrogen) atoms. The minimum absolute atomic E-state index is 0.458. The molecule has 1 unspecified atom stereocenters. The van der Waals surface area contributed by atoms with Gasteiger partial charge in [0.2, 0.25) is 0 Å². The lowest BCUT2D eigenvalue weighted by atomic mass is 10.1. The molecule has 0 amide bonds. The lowest BCUT2D eigenvalue weighted by Gasteiger charge is -2.02. The Hall–Kier alpha value is -1.19. The maximum Gasteiger partial charge on any atom is 0.0542 e. The van der Waals surface area contributed by atoms with Gasteiger partial charge in [-0.3, -0.25) is 4.21 Å². The summed E-state index contributed by atoms with van der Waals surface area (Å²) in [4.78, 5) is 0.860. The number of benzene rings is 2. The van der Waals surface area contributed by atoms with Crippen molar-refractivity contribution in [2.45, 2.75) is 4.90 Å². The minimum atomic E-state index is -0.964. The van der Waals surface area contributed by atoms with E-state index >= 15 is 0 Å². The molecule has 0 saturated heterocycles. The molecule has 0 aliphatic heterocycles. The fraction of sp³-hybridized carbons (Fsp3) is 0.167. The van der Waals surface area contributed by atoms with Crippen LogP contribution in [0, 0.1) is 0 Å². The average Bonchev–Trinajstić information content (AvgIpc) is 2.29. The molecule has 2 rings (SSSR count). The van der Waals surface area contributed by atoms with E-state index in [1.54, 1.807) is 0 Å². The van der Waals surface area contributed by atoms with Gasteiger partial charge >= 0.3 is 0 Å². The van der Waals surface area contributed by atoms with Gasteiger partial charge in [-0.15, -0.1) is 0 Å². The van der Waals surface area contributed by atoms with Gasteiger partial charge in [0.05, 0.1) is 10.8 Å². The van der Waals surface area contributed by atoms with Crippen molar-refractivity contribution in [2.24, 2.45) is 5.73 Å². The molecule has 1 atom stereocenters. The van der Waals surface area contributed by atoms with Crippen molar-refractivity contribution in [3.8, 4) is 0 Å². The standard InChI is InChI=1S/C12H13NOS/c13-7-8-15(14)12-6-5-10-3-1-2-4-11(10)9-12/h1-6,9H,7-8,13H2. The number of nitrogens with two attached hydrogens (primary N) is 1. The Morgan fingerprint density at radius 2 is 1.80 bits per heavy atom. The third-order valence-corrected chi connectivity index (χ3v) is 3.67. The van der Waals surface area contributed by atoms with Crippen LogP contribution < -0.4 is 5.73 Å². The largest absolute Gasteiger partial charge is 0.330 e. The molecular formula is C12H13NOS. The highest BCUT2D eigenvalue weighted by Gasteiger charge is 2.02.